The maximum Gasteiger partial charge on any atom is 0.101 e. The standard InChI is InChI=1S/C18H12N2S/c19-12-14-6-7-16(20-13-14)8-9-17-10-11-18(21-17)15-4-2-1-3-5-15/h1-11,13H/b9-8+. The molecule has 0 aliphatic heterocycles. The lowest BCUT2D eigenvalue weighted by Gasteiger charge is -1.94. The molecule has 2 heterocycles. The van der Waals surface area contributed by atoms with Gasteiger partial charge >= 0.3 is 0 Å². The van der Waals surface area contributed by atoms with Crippen LogP contribution in [0.3, 0.4) is 0 Å². The SMILES string of the molecule is N#Cc1ccc(/C=C/c2ccc(-c3ccccc3)s2)nc1. The van der Waals surface area contributed by atoms with Crippen molar-refractivity contribution in [3.63, 3.8) is 0 Å². The number of pyridine rings is 1. The fraction of sp³-hybridized carbons (Fsp3) is 0. The van der Waals surface area contributed by atoms with E-state index < -0.39 is 0 Å². The minimum absolute atomic E-state index is 0.578. The lowest BCUT2D eigenvalue weighted by Crippen LogP contribution is -1.81. The van der Waals surface area contributed by atoms with E-state index >= 15 is 0 Å². The van der Waals surface area contributed by atoms with E-state index in [2.05, 4.69) is 35.3 Å². The predicted octanol–water partition coefficient (Wildman–Crippen LogP) is 4.85. The molecule has 0 atom stereocenters. The lowest BCUT2D eigenvalue weighted by molar-refractivity contribution is 1.27. The van der Waals surface area contributed by atoms with E-state index in [9.17, 15) is 0 Å². The van der Waals surface area contributed by atoms with Gasteiger partial charge in [-0.1, -0.05) is 30.3 Å². The average molecular weight is 288 g/mol. The van der Waals surface area contributed by atoms with Gasteiger partial charge in [-0.2, -0.15) is 5.26 Å². The molecular weight excluding hydrogens is 276 g/mol. The third kappa shape index (κ3) is 3.25. The van der Waals surface area contributed by atoms with Crippen molar-refractivity contribution in [1.29, 1.82) is 5.26 Å². The van der Waals surface area contributed by atoms with Crippen molar-refractivity contribution in [3.05, 3.63) is 76.9 Å². The number of hydrogen-bond acceptors (Lipinski definition) is 3. The summed E-state index contributed by atoms with van der Waals surface area (Å²) < 4.78 is 0. The first-order chi connectivity index (χ1) is 10.3. The second kappa shape index (κ2) is 6.17. The summed E-state index contributed by atoms with van der Waals surface area (Å²) in [6.45, 7) is 0. The number of hydrogen-bond donors (Lipinski definition) is 0. The smallest absolute Gasteiger partial charge is 0.101 e. The van der Waals surface area contributed by atoms with Crippen molar-refractivity contribution in [2.75, 3.05) is 0 Å². The summed E-state index contributed by atoms with van der Waals surface area (Å²) in [7, 11) is 0. The van der Waals surface area contributed by atoms with Crippen LogP contribution in [0.15, 0.2) is 60.8 Å². The van der Waals surface area contributed by atoms with Crippen molar-refractivity contribution in [2.45, 2.75) is 0 Å². The van der Waals surface area contributed by atoms with Gasteiger partial charge < -0.3 is 0 Å². The molecule has 1 aromatic carbocycles. The Hall–Kier alpha value is -2.70. The molecule has 3 heteroatoms. The first-order valence-electron chi connectivity index (χ1n) is 6.55. The van der Waals surface area contributed by atoms with Crippen LogP contribution in [0, 0.1) is 11.3 Å². The molecule has 3 aromatic rings. The third-order valence-corrected chi connectivity index (χ3v) is 4.12. The Labute approximate surface area is 127 Å². The van der Waals surface area contributed by atoms with Gasteiger partial charge in [0.1, 0.15) is 6.07 Å². The summed E-state index contributed by atoms with van der Waals surface area (Å²) in [6.07, 6.45) is 5.59. The topological polar surface area (TPSA) is 36.7 Å². The molecule has 3 rings (SSSR count). The van der Waals surface area contributed by atoms with Gasteiger partial charge in [0.15, 0.2) is 0 Å². The number of nitriles is 1. The number of thiophene rings is 1. The average Bonchev–Trinajstić information content (AvgIpc) is 3.03. The number of aromatic nitrogens is 1. The molecule has 0 unspecified atom stereocenters. The Morgan fingerprint density at radius 2 is 1.81 bits per heavy atom. The van der Waals surface area contributed by atoms with Gasteiger partial charge in [0.2, 0.25) is 0 Å². The number of nitrogens with zero attached hydrogens (tertiary/aromatic N) is 2. The van der Waals surface area contributed by atoms with Gasteiger partial charge in [-0.25, -0.2) is 0 Å². The highest BCUT2D eigenvalue weighted by Crippen LogP contribution is 2.28. The minimum atomic E-state index is 0.578. The highest BCUT2D eigenvalue weighted by atomic mass is 32.1. The summed E-state index contributed by atoms with van der Waals surface area (Å²) in [5, 5.41) is 8.74. The van der Waals surface area contributed by atoms with E-state index in [1.54, 1.807) is 23.6 Å². The van der Waals surface area contributed by atoms with E-state index in [0.29, 0.717) is 5.56 Å². The third-order valence-electron chi connectivity index (χ3n) is 3.02. The molecule has 0 aliphatic rings. The van der Waals surface area contributed by atoms with Crippen molar-refractivity contribution in [2.24, 2.45) is 0 Å². The Balaban J connectivity index is 1.78. The monoisotopic (exact) mass is 288 g/mol. The van der Waals surface area contributed by atoms with Gasteiger partial charge in [0.05, 0.1) is 11.3 Å². The Kier molecular flexibility index (Phi) is 3.90. The molecule has 21 heavy (non-hydrogen) atoms. The van der Waals surface area contributed by atoms with Crippen LogP contribution in [0.5, 0.6) is 0 Å². The number of rotatable bonds is 3. The number of benzene rings is 1. The molecule has 0 N–H and O–H groups in total. The molecule has 0 saturated heterocycles. The van der Waals surface area contributed by atoms with E-state index in [-0.39, 0.29) is 0 Å². The maximum absolute atomic E-state index is 8.74. The molecule has 0 radical (unpaired) electrons. The quantitative estimate of drug-likeness (QED) is 0.690. The normalized spacial score (nSPS) is 10.6. The first-order valence-corrected chi connectivity index (χ1v) is 7.36. The van der Waals surface area contributed by atoms with Crippen LogP contribution < -0.4 is 0 Å². The summed E-state index contributed by atoms with van der Waals surface area (Å²) in [5.74, 6) is 0. The van der Waals surface area contributed by atoms with Gasteiger partial charge in [-0.05, 0) is 42.0 Å². The van der Waals surface area contributed by atoms with Gasteiger partial charge in [0.25, 0.3) is 0 Å². The molecule has 0 fully saturated rings. The molecule has 0 saturated carbocycles. The molecule has 0 aliphatic carbocycles. The van der Waals surface area contributed by atoms with E-state index in [0.717, 1.165) is 5.69 Å². The zero-order valence-electron chi connectivity index (χ0n) is 11.2. The molecular formula is C18H12N2S. The summed E-state index contributed by atoms with van der Waals surface area (Å²) in [4.78, 5) is 6.66. The molecule has 2 aromatic heterocycles. The Morgan fingerprint density at radius 3 is 2.52 bits per heavy atom. The second-order valence-electron chi connectivity index (χ2n) is 4.48. The van der Waals surface area contributed by atoms with Crippen LogP contribution in [0.2, 0.25) is 0 Å². The van der Waals surface area contributed by atoms with E-state index in [4.69, 9.17) is 5.26 Å². The summed E-state index contributed by atoms with van der Waals surface area (Å²) >= 11 is 1.75. The van der Waals surface area contributed by atoms with Crippen molar-refractivity contribution < 1.29 is 0 Å². The summed E-state index contributed by atoms with van der Waals surface area (Å²) in [6, 6.07) is 20.3. The zero-order chi connectivity index (χ0) is 14.5. The van der Waals surface area contributed by atoms with Gasteiger partial charge in [-0.3, -0.25) is 4.98 Å². The Bertz CT molecular complexity index is 793. The van der Waals surface area contributed by atoms with Crippen molar-refractivity contribution >= 4 is 23.5 Å². The minimum Gasteiger partial charge on any atom is -0.256 e. The molecule has 0 bridgehead atoms. The van der Waals surface area contributed by atoms with Crippen LogP contribution in [0.1, 0.15) is 16.1 Å². The fourth-order valence-corrected chi connectivity index (χ4v) is 2.85. The molecule has 0 spiro atoms. The first kappa shape index (κ1) is 13.3. The zero-order valence-corrected chi connectivity index (χ0v) is 12.0. The molecule has 2 nitrogen and oxygen atoms in total. The fourth-order valence-electron chi connectivity index (χ4n) is 1.94. The van der Waals surface area contributed by atoms with Crippen LogP contribution >= 0.6 is 11.3 Å². The lowest BCUT2D eigenvalue weighted by atomic mass is 10.2. The molecule has 100 valence electrons. The largest absolute Gasteiger partial charge is 0.256 e. The van der Waals surface area contributed by atoms with Crippen LogP contribution in [0.4, 0.5) is 0 Å². The maximum atomic E-state index is 8.74. The van der Waals surface area contributed by atoms with E-state index in [1.807, 2.05) is 36.4 Å². The van der Waals surface area contributed by atoms with Crippen LogP contribution in [-0.4, -0.2) is 4.98 Å². The predicted molar refractivity (Wildman–Crippen MR) is 87.6 cm³/mol. The van der Waals surface area contributed by atoms with Gasteiger partial charge in [-0.15, -0.1) is 11.3 Å². The highest BCUT2D eigenvalue weighted by Gasteiger charge is 2.00. The summed E-state index contributed by atoms with van der Waals surface area (Å²) in [5.41, 5.74) is 2.66. The van der Waals surface area contributed by atoms with Gasteiger partial charge in [0, 0.05) is 16.0 Å². The van der Waals surface area contributed by atoms with E-state index in [1.165, 1.54) is 15.3 Å². The Morgan fingerprint density at radius 1 is 0.952 bits per heavy atom. The van der Waals surface area contributed by atoms with Crippen LogP contribution in [-0.2, 0) is 0 Å². The van der Waals surface area contributed by atoms with Crippen LogP contribution in [0.25, 0.3) is 22.6 Å². The highest BCUT2D eigenvalue weighted by molar-refractivity contribution is 7.16. The molecule has 0 amide bonds. The second-order valence-corrected chi connectivity index (χ2v) is 5.60. The van der Waals surface area contributed by atoms with Crippen molar-refractivity contribution in [1.82, 2.24) is 4.98 Å². The van der Waals surface area contributed by atoms with Crippen molar-refractivity contribution in [3.8, 4) is 16.5 Å².